The Morgan fingerprint density at radius 3 is 2.76 bits per heavy atom. The van der Waals surface area contributed by atoms with Gasteiger partial charge in [-0.1, -0.05) is 18.2 Å². The van der Waals surface area contributed by atoms with Crippen LogP contribution in [-0.4, -0.2) is 35.8 Å². The molecule has 0 saturated heterocycles. The minimum atomic E-state index is -3.95. The lowest BCUT2D eigenvalue weighted by Gasteiger charge is -2.21. The molecule has 0 aliphatic carbocycles. The number of sulfonamides is 1. The maximum atomic E-state index is 12.6. The second-order valence-corrected chi connectivity index (χ2v) is 8.39. The van der Waals surface area contributed by atoms with Gasteiger partial charge in [0.2, 0.25) is 0 Å². The first kappa shape index (κ1) is 19.0. The second-order valence-electron chi connectivity index (χ2n) is 6.70. The highest BCUT2D eigenvalue weighted by molar-refractivity contribution is 7.92. The van der Waals surface area contributed by atoms with Crippen LogP contribution in [0.4, 0.5) is 17.1 Å². The zero-order valence-corrected chi connectivity index (χ0v) is 16.6. The Kier molecular flexibility index (Phi) is 4.75. The quantitative estimate of drug-likeness (QED) is 0.645. The van der Waals surface area contributed by atoms with Crippen molar-refractivity contribution in [2.45, 2.75) is 24.8 Å². The SMILES string of the molecule is CCn1cc(S(=O)(=O)Nc2ccc(N3CCc4ccccc43)cc2C(=O)O)cn1. The van der Waals surface area contributed by atoms with Gasteiger partial charge in [-0.25, -0.2) is 13.2 Å². The van der Waals surface area contributed by atoms with Crippen LogP contribution in [0.15, 0.2) is 59.8 Å². The first-order valence-corrected chi connectivity index (χ1v) is 10.7. The van der Waals surface area contributed by atoms with Gasteiger partial charge < -0.3 is 10.0 Å². The number of aromatic carboxylic acids is 1. The molecule has 0 unspecified atom stereocenters. The highest BCUT2D eigenvalue weighted by Crippen LogP contribution is 2.36. The van der Waals surface area contributed by atoms with Crippen LogP contribution in [0, 0.1) is 0 Å². The Labute approximate surface area is 168 Å². The normalized spacial score (nSPS) is 13.3. The number of hydrogen-bond donors (Lipinski definition) is 2. The molecular formula is C20H20N4O4S. The summed E-state index contributed by atoms with van der Waals surface area (Å²) in [5, 5.41) is 13.6. The number of aryl methyl sites for hydroxylation is 1. The summed E-state index contributed by atoms with van der Waals surface area (Å²) in [6.45, 7) is 3.11. The van der Waals surface area contributed by atoms with E-state index in [1.807, 2.05) is 36.1 Å². The van der Waals surface area contributed by atoms with Gasteiger partial charge in [-0.05, 0) is 43.2 Å². The Balaban J connectivity index is 1.68. The summed E-state index contributed by atoms with van der Waals surface area (Å²) in [6.07, 6.45) is 3.51. The lowest BCUT2D eigenvalue weighted by atomic mass is 10.1. The molecule has 29 heavy (non-hydrogen) atoms. The predicted molar refractivity (Wildman–Crippen MR) is 109 cm³/mol. The van der Waals surface area contributed by atoms with Crippen LogP contribution >= 0.6 is 0 Å². The average Bonchev–Trinajstić information content (AvgIpc) is 3.35. The van der Waals surface area contributed by atoms with Crippen LogP contribution in [0.1, 0.15) is 22.8 Å². The van der Waals surface area contributed by atoms with E-state index in [0.717, 1.165) is 18.7 Å². The number of nitrogens with zero attached hydrogens (tertiary/aromatic N) is 3. The van der Waals surface area contributed by atoms with E-state index in [0.29, 0.717) is 12.2 Å². The third kappa shape index (κ3) is 3.56. The molecule has 3 aromatic rings. The van der Waals surface area contributed by atoms with Gasteiger partial charge in [0.05, 0.1) is 17.4 Å². The van der Waals surface area contributed by atoms with Crippen molar-refractivity contribution >= 4 is 33.1 Å². The van der Waals surface area contributed by atoms with Gasteiger partial charge in [-0.3, -0.25) is 9.40 Å². The second kappa shape index (κ2) is 7.25. The van der Waals surface area contributed by atoms with Gasteiger partial charge in [-0.15, -0.1) is 0 Å². The number of carboxylic acid groups (broad SMARTS) is 1. The first-order chi connectivity index (χ1) is 13.9. The van der Waals surface area contributed by atoms with E-state index >= 15 is 0 Å². The number of benzene rings is 2. The number of carbonyl (C=O) groups is 1. The number of anilines is 3. The Morgan fingerprint density at radius 2 is 2.03 bits per heavy atom. The van der Waals surface area contributed by atoms with Crippen LogP contribution in [0.3, 0.4) is 0 Å². The minimum Gasteiger partial charge on any atom is -0.478 e. The van der Waals surface area contributed by atoms with Gasteiger partial charge >= 0.3 is 5.97 Å². The highest BCUT2D eigenvalue weighted by atomic mass is 32.2. The summed E-state index contributed by atoms with van der Waals surface area (Å²) in [7, 11) is -3.95. The molecule has 0 amide bonds. The van der Waals surface area contributed by atoms with E-state index in [9.17, 15) is 18.3 Å². The lowest BCUT2D eigenvalue weighted by Crippen LogP contribution is -2.17. The van der Waals surface area contributed by atoms with Gasteiger partial charge in [0.25, 0.3) is 10.0 Å². The molecule has 1 aliphatic heterocycles. The van der Waals surface area contributed by atoms with Crippen molar-refractivity contribution in [3.05, 3.63) is 66.0 Å². The molecule has 150 valence electrons. The maximum absolute atomic E-state index is 12.6. The molecule has 0 radical (unpaired) electrons. The summed E-state index contributed by atoms with van der Waals surface area (Å²) in [5.74, 6) is -1.21. The molecule has 0 spiro atoms. The third-order valence-corrected chi connectivity index (χ3v) is 6.24. The molecule has 2 heterocycles. The van der Waals surface area contributed by atoms with Crippen LogP contribution in [-0.2, 0) is 23.0 Å². The van der Waals surface area contributed by atoms with Crippen molar-refractivity contribution < 1.29 is 18.3 Å². The number of fused-ring (bicyclic) bond motifs is 1. The monoisotopic (exact) mass is 412 g/mol. The van der Waals surface area contributed by atoms with Gasteiger partial charge in [0.15, 0.2) is 0 Å². The van der Waals surface area contributed by atoms with Crippen LogP contribution in [0.2, 0.25) is 0 Å². The lowest BCUT2D eigenvalue weighted by molar-refractivity contribution is 0.0698. The zero-order valence-electron chi connectivity index (χ0n) is 15.7. The summed E-state index contributed by atoms with van der Waals surface area (Å²) in [4.78, 5) is 13.9. The zero-order chi connectivity index (χ0) is 20.6. The largest absolute Gasteiger partial charge is 0.478 e. The molecule has 8 nitrogen and oxygen atoms in total. The Bertz CT molecular complexity index is 1190. The topological polar surface area (TPSA) is 105 Å². The maximum Gasteiger partial charge on any atom is 0.337 e. The molecular weight excluding hydrogens is 392 g/mol. The molecule has 1 aliphatic rings. The molecule has 0 bridgehead atoms. The molecule has 0 atom stereocenters. The number of para-hydroxylation sites is 1. The molecule has 0 fully saturated rings. The smallest absolute Gasteiger partial charge is 0.337 e. The Hall–Kier alpha value is -3.33. The van der Waals surface area contributed by atoms with Crippen LogP contribution in [0.25, 0.3) is 0 Å². The molecule has 4 rings (SSSR count). The summed E-state index contributed by atoms with van der Waals surface area (Å²) < 4.78 is 29.2. The first-order valence-electron chi connectivity index (χ1n) is 9.17. The number of nitrogens with one attached hydrogen (secondary N) is 1. The van der Waals surface area contributed by atoms with Gasteiger partial charge in [0, 0.05) is 30.7 Å². The van der Waals surface area contributed by atoms with Gasteiger partial charge in [0.1, 0.15) is 4.90 Å². The summed E-state index contributed by atoms with van der Waals surface area (Å²) in [5.41, 5.74) is 2.83. The molecule has 1 aromatic heterocycles. The van der Waals surface area contributed by atoms with Gasteiger partial charge in [-0.2, -0.15) is 5.10 Å². The summed E-state index contributed by atoms with van der Waals surface area (Å²) >= 11 is 0. The van der Waals surface area contributed by atoms with Crippen molar-refractivity contribution in [1.29, 1.82) is 0 Å². The van der Waals surface area contributed by atoms with E-state index in [2.05, 4.69) is 9.82 Å². The molecule has 2 N–H and O–H groups in total. The average molecular weight is 412 g/mol. The van der Waals surface area contributed by atoms with Crippen LogP contribution < -0.4 is 9.62 Å². The highest BCUT2D eigenvalue weighted by Gasteiger charge is 2.24. The number of aromatic nitrogens is 2. The van der Waals surface area contributed by atoms with E-state index < -0.39 is 16.0 Å². The van der Waals surface area contributed by atoms with Crippen molar-refractivity contribution in [2.75, 3.05) is 16.2 Å². The van der Waals surface area contributed by atoms with E-state index in [1.54, 1.807) is 6.07 Å². The van der Waals surface area contributed by atoms with Crippen molar-refractivity contribution in [3.63, 3.8) is 0 Å². The molecule has 0 saturated carbocycles. The molecule has 2 aromatic carbocycles. The van der Waals surface area contributed by atoms with E-state index in [1.165, 1.54) is 34.8 Å². The fraction of sp³-hybridized carbons (Fsp3) is 0.200. The standard InChI is InChI=1S/C20H20N4O4S/c1-2-23-13-16(12-21-23)29(27,28)22-18-8-7-15(11-17(18)20(25)26)24-10-9-14-5-3-4-6-19(14)24/h3-8,11-13,22H,2,9-10H2,1H3,(H,25,26). The molecule has 9 heteroatoms. The van der Waals surface area contributed by atoms with Crippen molar-refractivity contribution in [2.24, 2.45) is 0 Å². The van der Waals surface area contributed by atoms with Crippen molar-refractivity contribution in [1.82, 2.24) is 9.78 Å². The number of carboxylic acids is 1. The van der Waals surface area contributed by atoms with E-state index in [-0.39, 0.29) is 16.1 Å². The van der Waals surface area contributed by atoms with Crippen molar-refractivity contribution in [3.8, 4) is 0 Å². The fourth-order valence-corrected chi connectivity index (χ4v) is 4.46. The number of rotatable bonds is 6. The van der Waals surface area contributed by atoms with E-state index in [4.69, 9.17) is 0 Å². The number of hydrogen-bond acceptors (Lipinski definition) is 5. The summed E-state index contributed by atoms with van der Waals surface area (Å²) in [6, 6.07) is 12.7. The fourth-order valence-electron chi connectivity index (χ4n) is 3.43. The Morgan fingerprint density at radius 1 is 1.24 bits per heavy atom. The predicted octanol–water partition coefficient (Wildman–Crippen LogP) is 3.10. The van der Waals surface area contributed by atoms with Crippen LogP contribution in [0.5, 0.6) is 0 Å². The minimum absolute atomic E-state index is 0.0120. The third-order valence-electron chi connectivity index (χ3n) is 4.92.